The number of para-hydroxylation sites is 1. The number of hydrogen-bond acceptors (Lipinski definition) is 4. The first-order valence-electron chi connectivity index (χ1n) is 6.85. The third-order valence-electron chi connectivity index (χ3n) is 3.49. The second-order valence-corrected chi connectivity index (χ2v) is 4.87. The van der Waals surface area contributed by atoms with E-state index in [1.165, 1.54) is 0 Å². The highest BCUT2D eigenvalue weighted by atomic mass is 16.5. The van der Waals surface area contributed by atoms with E-state index in [9.17, 15) is 0 Å². The summed E-state index contributed by atoms with van der Waals surface area (Å²) >= 11 is 0. The first kappa shape index (κ1) is 14.5. The number of aliphatic hydroxyl groups excluding tert-OH is 1. The summed E-state index contributed by atoms with van der Waals surface area (Å²) in [5.41, 5.74) is 2.61. The van der Waals surface area contributed by atoms with Gasteiger partial charge in [0.15, 0.2) is 0 Å². The molecule has 1 atom stereocenters. The summed E-state index contributed by atoms with van der Waals surface area (Å²) in [6.07, 6.45) is 2.65. The third kappa shape index (κ3) is 3.14. The SMILES string of the molecule is CCC(C)c1ccccc1Oc1ncc(CO)c(C)n1. The molecule has 0 aliphatic heterocycles. The van der Waals surface area contributed by atoms with Crippen LogP contribution in [0.5, 0.6) is 11.8 Å². The molecule has 0 bridgehead atoms. The molecular formula is C16H20N2O2. The van der Waals surface area contributed by atoms with Crippen molar-refractivity contribution in [2.24, 2.45) is 0 Å². The molecule has 106 valence electrons. The predicted octanol–water partition coefficient (Wildman–Crippen LogP) is 3.58. The number of aromatic nitrogens is 2. The fourth-order valence-corrected chi connectivity index (χ4v) is 1.97. The molecule has 0 spiro atoms. The van der Waals surface area contributed by atoms with Crippen LogP contribution in [0, 0.1) is 6.92 Å². The van der Waals surface area contributed by atoms with E-state index >= 15 is 0 Å². The average molecular weight is 272 g/mol. The van der Waals surface area contributed by atoms with Crippen LogP contribution in [0.25, 0.3) is 0 Å². The molecule has 2 rings (SSSR count). The molecule has 0 aliphatic rings. The lowest BCUT2D eigenvalue weighted by molar-refractivity contribution is 0.279. The summed E-state index contributed by atoms with van der Waals surface area (Å²) in [7, 11) is 0. The first-order valence-corrected chi connectivity index (χ1v) is 6.85. The smallest absolute Gasteiger partial charge is 0.322 e. The highest BCUT2D eigenvalue weighted by molar-refractivity contribution is 5.37. The lowest BCUT2D eigenvalue weighted by Gasteiger charge is -2.14. The standard InChI is InChI=1S/C16H20N2O2/c1-4-11(2)14-7-5-6-8-15(14)20-16-17-9-13(10-19)12(3)18-16/h5-9,11,19H,4,10H2,1-3H3. The molecule has 0 aliphatic carbocycles. The number of aryl methyl sites for hydroxylation is 1. The van der Waals surface area contributed by atoms with Gasteiger partial charge in [0.1, 0.15) is 5.75 Å². The van der Waals surface area contributed by atoms with Crippen LogP contribution in [0.3, 0.4) is 0 Å². The second-order valence-electron chi connectivity index (χ2n) is 4.87. The summed E-state index contributed by atoms with van der Waals surface area (Å²) in [6, 6.07) is 8.26. The molecule has 20 heavy (non-hydrogen) atoms. The summed E-state index contributed by atoms with van der Waals surface area (Å²) in [4.78, 5) is 8.41. The van der Waals surface area contributed by atoms with Gasteiger partial charge >= 0.3 is 6.01 Å². The normalized spacial score (nSPS) is 12.2. The molecule has 1 unspecified atom stereocenters. The van der Waals surface area contributed by atoms with Gasteiger partial charge in [-0.1, -0.05) is 32.0 Å². The van der Waals surface area contributed by atoms with Crippen LogP contribution < -0.4 is 4.74 Å². The van der Waals surface area contributed by atoms with Gasteiger partial charge in [0, 0.05) is 11.8 Å². The Hall–Kier alpha value is -1.94. The molecule has 4 nitrogen and oxygen atoms in total. The van der Waals surface area contributed by atoms with E-state index in [1.807, 2.05) is 25.1 Å². The molecule has 0 saturated carbocycles. The zero-order valence-electron chi connectivity index (χ0n) is 12.1. The van der Waals surface area contributed by atoms with Gasteiger partial charge in [0.25, 0.3) is 0 Å². The van der Waals surface area contributed by atoms with Crippen LogP contribution >= 0.6 is 0 Å². The quantitative estimate of drug-likeness (QED) is 0.903. The van der Waals surface area contributed by atoms with E-state index in [4.69, 9.17) is 9.84 Å². The molecular weight excluding hydrogens is 252 g/mol. The predicted molar refractivity (Wildman–Crippen MR) is 77.9 cm³/mol. The van der Waals surface area contributed by atoms with Gasteiger partial charge in [-0.05, 0) is 30.9 Å². The Bertz CT molecular complexity index is 584. The largest absolute Gasteiger partial charge is 0.424 e. The molecule has 2 aromatic rings. The van der Waals surface area contributed by atoms with Gasteiger partial charge in [0.2, 0.25) is 0 Å². The van der Waals surface area contributed by atoms with Crippen molar-refractivity contribution in [2.45, 2.75) is 39.7 Å². The summed E-state index contributed by atoms with van der Waals surface area (Å²) in [5, 5.41) is 9.13. The zero-order valence-corrected chi connectivity index (χ0v) is 12.1. The minimum Gasteiger partial charge on any atom is -0.424 e. The molecule has 0 amide bonds. The fraction of sp³-hybridized carbons (Fsp3) is 0.375. The van der Waals surface area contributed by atoms with Crippen molar-refractivity contribution in [3.8, 4) is 11.8 Å². The molecule has 1 aromatic heterocycles. The van der Waals surface area contributed by atoms with Gasteiger partial charge in [-0.25, -0.2) is 4.98 Å². The van der Waals surface area contributed by atoms with Crippen molar-refractivity contribution in [1.29, 1.82) is 0 Å². The fourth-order valence-electron chi connectivity index (χ4n) is 1.97. The number of nitrogens with zero attached hydrogens (tertiary/aromatic N) is 2. The lowest BCUT2D eigenvalue weighted by Crippen LogP contribution is -2.01. The molecule has 1 aromatic carbocycles. The molecule has 0 radical (unpaired) electrons. The van der Waals surface area contributed by atoms with Gasteiger partial charge in [0.05, 0.1) is 12.3 Å². The maximum Gasteiger partial charge on any atom is 0.322 e. The van der Waals surface area contributed by atoms with Crippen molar-refractivity contribution < 1.29 is 9.84 Å². The third-order valence-corrected chi connectivity index (χ3v) is 3.49. The Kier molecular flexibility index (Phi) is 4.69. The Morgan fingerprint density at radius 1 is 1.30 bits per heavy atom. The molecule has 1 heterocycles. The molecule has 4 heteroatoms. The molecule has 0 saturated heterocycles. The van der Waals surface area contributed by atoms with Crippen molar-refractivity contribution in [1.82, 2.24) is 9.97 Å². The topological polar surface area (TPSA) is 55.2 Å². The Morgan fingerprint density at radius 3 is 2.70 bits per heavy atom. The van der Waals surface area contributed by atoms with E-state index in [0.717, 1.165) is 23.4 Å². The molecule has 1 N–H and O–H groups in total. The van der Waals surface area contributed by atoms with Gasteiger partial charge < -0.3 is 9.84 Å². The van der Waals surface area contributed by atoms with Crippen LogP contribution in [-0.4, -0.2) is 15.1 Å². The number of hydrogen-bond donors (Lipinski definition) is 1. The highest BCUT2D eigenvalue weighted by Gasteiger charge is 2.12. The summed E-state index contributed by atoms with van der Waals surface area (Å²) in [6.45, 7) is 6.09. The van der Waals surface area contributed by atoms with E-state index < -0.39 is 0 Å². The summed E-state index contributed by atoms with van der Waals surface area (Å²) in [5.74, 6) is 1.21. The molecule has 0 fully saturated rings. The van der Waals surface area contributed by atoms with Gasteiger partial charge in [-0.2, -0.15) is 4.98 Å². The Labute approximate surface area is 119 Å². The van der Waals surface area contributed by atoms with Crippen LogP contribution in [0.4, 0.5) is 0 Å². The zero-order chi connectivity index (χ0) is 14.5. The van der Waals surface area contributed by atoms with E-state index in [0.29, 0.717) is 17.5 Å². The number of aliphatic hydroxyl groups is 1. The van der Waals surface area contributed by atoms with Crippen molar-refractivity contribution in [3.05, 3.63) is 47.3 Å². The number of benzene rings is 1. The van der Waals surface area contributed by atoms with Gasteiger partial charge in [-0.15, -0.1) is 0 Å². The van der Waals surface area contributed by atoms with Crippen molar-refractivity contribution in [2.75, 3.05) is 0 Å². The highest BCUT2D eigenvalue weighted by Crippen LogP contribution is 2.30. The van der Waals surface area contributed by atoms with Crippen molar-refractivity contribution in [3.63, 3.8) is 0 Å². The number of ether oxygens (including phenoxy) is 1. The van der Waals surface area contributed by atoms with Crippen LogP contribution in [0.15, 0.2) is 30.5 Å². The lowest BCUT2D eigenvalue weighted by atomic mass is 9.98. The minimum atomic E-state index is -0.0600. The monoisotopic (exact) mass is 272 g/mol. The maximum absolute atomic E-state index is 9.13. The minimum absolute atomic E-state index is 0.0600. The number of rotatable bonds is 5. The van der Waals surface area contributed by atoms with Crippen molar-refractivity contribution >= 4 is 0 Å². The van der Waals surface area contributed by atoms with E-state index in [2.05, 4.69) is 29.9 Å². The summed E-state index contributed by atoms with van der Waals surface area (Å²) < 4.78 is 5.81. The van der Waals surface area contributed by atoms with E-state index in [1.54, 1.807) is 6.20 Å². The Balaban J connectivity index is 2.28. The van der Waals surface area contributed by atoms with Crippen LogP contribution in [0.1, 0.15) is 43.0 Å². The van der Waals surface area contributed by atoms with Gasteiger partial charge in [-0.3, -0.25) is 0 Å². The Morgan fingerprint density at radius 2 is 2.05 bits per heavy atom. The average Bonchev–Trinajstić information content (AvgIpc) is 2.47. The maximum atomic E-state index is 9.13. The first-order chi connectivity index (χ1) is 9.65. The second kappa shape index (κ2) is 6.48. The van der Waals surface area contributed by atoms with Crippen LogP contribution in [0.2, 0.25) is 0 Å². The van der Waals surface area contributed by atoms with E-state index in [-0.39, 0.29) is 6.61 Å². The van der Waals surface area contributed by atoms with Crippen LogP contribution in [-0.2, 0) is 6.61 Å².